The van der Waals surface area contributed by atoms with Gasteiger partial charge < -0.3 is 0 Å². The molecule has 0 bridgehead atoms. The predicted octanol–water partition coefficient (Wildman–Crippen LogP) is 4.49. The number of rotatable bonds is 3. The first-order valence-electron chi connectivity index (χ1n) is 7.70. The quantitative estimate of drug-likeness (QED) is 0.757. The molecule has 0 saturated carbocycles. The van der Waals surface area contributed by atoms with Crippen molar-refractivity contribution in [1.29, 1.82) is 0 Å². The molecule has 0 aliphatic carbocycles. The number of nitrogens with zero attached hydrogens (tertiary/aromatic N) is 1. The topological polar surface area (TPSA) is 37.4 Å². The molecule has 3 rings (SSSR count). The lowest BCUT2D eigenvalue weighted by Crippen LogP contribution is -2.33. The molecule has 8 heteroatoms. The molecule has 1 heterocycles. The van der Waals surface area contributed by atoms with Crippen LogP contribution in [0.3, 0.4) is 0 Å². The van der Waals surface area contributed by atoms with Gasteiger partial charge in [-0.15, -0.1) is 0 Å². The molecule has 1 atom stereocenters. The van der Waals surface area contributed by atoms with Crippen molar-refractivity contribution in [2.24, 2.45) is 0 Å². The summed E-state index contributed by atoms with van der Waals surface area (Å²) in [6, 6.07) is 9.50. The summed E-state index contributed by atoms with van der Waals surface area (Å²) in [5, 5.41) is 0.0697. The maximum atomic E-state index is 14.0. The Morgan fingerprint density at radius 1 is 1.12 bits per heavy atom. The fourth-order valence-corrected chi connectivity index (χ4v) is 5.89. The van der Waals surface area contributed by atoms with E-state index in [1.165, 1.54) is 34.3 Å². The summed E-state index contributed by atoms with van der Waals surface area (Å²) in [6.45, 7) is 0.551. The molecule has 1 fully saturated rings. The molecule has 0 N–H and O–H groups in total. The van der Waals surface area contributed by atoms with Crippen LogP contribution in [0.2, 0.25) is 5.02 Å². The fourth-order valence-electron chi connectivity index (χ4n) is 2.78. The van der Waals surface area contributed by atoms with Gasteiger partial charge in [0, 0.05) is 34.7 Å². The third kappa shape index (κ3) is 4.16. The van der Waals surface area contributed by atoms with Crippen molar-refractivity contribution >= 4 is 33.4 Å². The molecule has 134 valence electrons. The zero-order valence-corrected chi connectivity index (χ0v) is 15.6. The molecule has 1 saturated heterocycles. The van der Waals surface area contributed by atoms with Crippen molar-refractivity contribution in [3.05, 3.63) is 64.7 Å². The van der Waals surface area contributed by atoms with Crippen molar-refractivity contribution in [2.45, 2.75) is 16.6 Å². The second-order valence-corrected chi connectivity index (χ2v) is 9.36. The number of benzene rings is 2. The molecule has 2 aromatic carbocycles. The van der Waals surface area contributed by atoms with E-state index in [1.54, 1.807) is 12.1 Å². The van der Waals surface area contributed by atoms with Crippen LogP contribution in [-0.2, 0) is 10.0 Å². The van der Waals surface area contributed by atoms with Gasteiger partial charge in [-0.2, -0.15) is 16.1 Å². The zero-order chi connectivity index (χ0) is 18.0. The number of thioether (sulfide) groups is 1. The summed E-state index contributed by atoms with van der Waals surface area (Å²) >= 11 is 7.33. The summed E-state index contributed by atoms with van der Waals surface area (Å²) in [4.78, 5) is 0.139. The van der Waals surface area contributed by atoms with Crippen molar-refractivity contribution in [1.82, 2.24) is 4.31 Å². The lowest BCUT2D eigenvalue weighted by molar-refractivity contribution is 0.426. The summed E-state index contributed by atoms with van der Waals surface area (Å²) < 4.78 is 54.4. The van der Waals surface area contributed by atoms with Crippen LogP contribution in [0.1, 0.15) is 17.2 Å². The SMILES string of the molecule is O=S(=O)(c1cccc(Cl)c1)N1CCSC(c2cc(F)ccc2F)CC1. The molecule has 0 spiro atoms. The highest BCUT2D eigenvalue weighted by Gasteiger charge is 2.29. The molecule has 0 radical (unpaired) electrons. The first-order chi connectivity index (χ1) is 11.9. The van der Waals surface area contributed by atoms with Crippen LogP contribution in [0.4, 0.5) is 8.78 Å². The lowest BCUT2D eigenvalue weighted by atomic mass is 10.1. The van der Waals surface area contributed by atoms with E-state index in [2.05, 4.69) is 0 Å². The molecule has 0 aromatic heterocycles. The maximum absolute atomic E-state index is 14.0. The van der Waals surface area contributed by atoms with Gasteiger partial charge in [0.2, 0.25) is 10.0 Å². The number of hydrogen-bond donors (Lipinski definition) is 0. The van der Waals surface area contributed by atoms with Gasteiger partial charge >= 0.3 is 0 Å². The Balaban J connectivity index is 1.81. The van der Waals surface area contributed by atoms with Crippen molar-refractivity contribution in [3.63, 3.8) is 0 Å². The first kappa shape index (κ1) is 18.6. The third-order valence-corrected chi connectivity index (χ3v) is 7.48. The smallest absolute Gasteiger partial charge is 0.207 e. The fraction of sp³-hybridized carbons (Fsp3) is 0.294. The highest BCUT2D eigenvalue weighted by atomic mass is 35.5. The van der Waals surface area contributed by atoms with Gasteiger partial charge in [0.05, 0.1) is 4.90 Å². The molecular weight excluding hydrogens is 388 g/mol. The molecule has 3 nitrogen and oxygen atoms in total. The Morgan fingerprint density at radius 2 is 1.92 bits per heavy atom. The average Bonchev–Trinajstić information content (AvgIpc) is 2.83. The molecule has 1 aliphatic heterocycles. The monoisotopic (exact) mass is 403 g/mol. The highest BCUT2D eigenvalue weighted by Crippen LogP contribution is 2.37. The first-order valence-corrected chi connectivity index (χ1v) is 10.6. The van der Waals surface area contributed by atoms with Crippen LogP contribution in [0.15, 0.2) is 47.4 Å². The Kier molecular flexibility index (Phi) is 5.68. The van der Waals surface area contributed by atoms with Gasteiger partial charge in [0.25, 0.3) is 0 Å². The Bertz CT molecular complexity index is 877. The molecule has 1 aliphatic rings. The molecule has 0 amide bonds. The van der Waals surface area contributed by atoms with E-state index in [-0.39, 0.29) is 22.3 Å². The molecule has 25 heavy (non-hydrogen) atoms. The maximum Gasteiger partial charge on any atom is 0.243 e. The lowest BCUT2D eigenvalue weighted by Gasteiger charge is -2.20. The van der Waals surface area contributed by atoms with E-state index in [1.807, 2.05) is 0 Å². The van der Waals surface area contributed by atoms with Gasteiger partial charge in [-0.1, -0.05) is 17.7 Å². The van der Waals surface area contributed by atoms with Crippen molar-refractivity contribution < 1.29 is 17.2 Å². The Morgan fingerprint density at radius 3 is 2.68 bits per heavy atom. The standard InChI is InChI=1S/C17H16ClF2NO2S2/c18-12-2-1-3-14(10-12)25(22,23)21-7-6-17(24-9-8-21)15-11-13(19)4-5-16(15)20/h1-5,10-11,17H,6-9H2. The Labute approximate surface area is 155 Å². The van der Waals surface area contributed by atoms with Gasteiger partial charge in [0.15, 0.2) is 0 Å². The second-order valence-electron chi connectivity index (χ2n) is 5.68. The van der Waals surface area contributed by atoms with E-state index >= 15 is 0 Å². The van der Waals surface area contributed by atoms with Crippen LogP contribution in [-0.4, -0.2) is 31.6 Å². The van der Waals surface area contributed by atoms with Gasteiger partial charge in [-0.25, -0.2) is 17.2 Å². The second kappa shape index (κ2) is 7.61. The Hall–Kier alpha value is -1.15. The van der Waals surface area contributed by atoms with Crippen LogP contribution in [0.5, 0.6) is 0 Å². The van der Waals surface area contributed by atoms with E-state index < -0.39 is 21.7 Å². The van der Waals surface area contributed by atoms with Crippen molar-refractivity contribution in [2.75, 3.05) is 18.8 Å². The molecular formula is C17H16ClF2NO2S2. The van der Waals surface area contributed by atoms with Gasteiger partial charge in [-0.05, 0) is 42.8 Å². The summed E-state index contributed by atoms with van der Waals surface area (Å²) in [7, 11) is -3.66. The minimum atomic E-state index is -3.66. The van der Waals surface area contributed by atoms with E-state index in [0.29, 0.717) is 23.7 Å². The minimum absolute atomic E-state index is 0.139. The van der Waals surface area contributed by atoms with Crippen molar-refractivity contribution in [3.8, 4) is 0 Å². The summed E-state index contributed by atoms with van der Waals surface area (Å²) in [5.41, 5.74) is 0.284. The predicted molar refractivity (Wildman–Crippen MR) is 96.4 cm³/mol. The molecule has 1 unspecified atom stereocenters. The van der Waals surface area contributed by atoms with Crippen LogP contribution < -0.4 is 0 Å². The summed E-state index contributed by atoms with van der Waals surface area (Å²) in [5.74, 6) is -0.463. The van der Waals surface area contributed by atoms with Gasteiger partial charge in [0.1, 0.15) is 11.6 Å². The number of halogens is 3. The number of sulfonamides is 1. The van der Waals surface area contributed by atoms with Crippen LogP contribution in [0, 0.1) is 11.6 Å². The van der Waals surface area contributed by atoms with Crippen LogP contribution in [0.25, 0.3) is 0 Å². The average molecular weight is 404 g/mol. The third-order valence-electron chi connectivity index (χ3n) is 4.04. The largest absolute Gasteiger partial charge is 0.243 e. The normalized spacial score (nSPS) is 19.6. The zero-order valence-electron chi connectivity index (χ0n) is 13.2. The van der Waals surface area contributed by atoms with Crippen LogP contribution >= 0.6 is 23.4 Å². The number of hydrogen-bond acceptors (Lipinski definition) is 3. The van der Waals surface area contributed by atoms with E-state index in [0.717, 1.165) is 12.1 Å². The summed E-state index contributed by atoms with van der Waals surface area (Å²) in [6.07, 6.45) is 0.408. The highest BCUT2D eigenvalue weighted by molar-refractivity contribution is 7.99. The van der Waals surface area contributed by atoms with E-state index in [4.69, 9.17) is 11.6 Å². The van der Waals surface area contributed by atoms with Gasteiger partial charge in [-0.3, -0.25) is 0 Å². The minimum Gasteiger partial charge on any atom is -0.207 e. The molecule has 2 aromatic rings. The van der Waals surface area contributed by atoms with E-state index in [9.17, 15) is 17.2 Å².